The highest BCUT2D eigenvalue weighted by Crippen LogP contribution is 2.12. The zero-order valence-electron chi connectivity index (χ0n) is 32.8. The molecule has 0 fully saturated rings. The van der Waals surface area contributed by atoms with Crippen molar-refractivity contribution in [3.05, 3.63) is 52.1 Å². The standard InChI is InChI=1S/C19H19N7O6.C4H13N3.5C2H4O2/c20-19-25-15-14(17(30)26-19)23-11(8-22-15)7-21-10-3-1-9(2-4-10)16(29)24-12(18(31)32)5-6-13(27)28;5-1-3-7-4-2-6;5*1-2(3)4/h1-4,8,12,21H,5-7H2,(H,24,29)(H,27,28)(H,31,32)(H3,20,22,25,26,30);7H,1-6H2;5*1H3,(H,3,4)/t12-;;;;;;/m0....../s1. The SMILES string of the molecule is CC(=O)O.CC(=O)O.CC(=O)O.CC(=O)O.CC(=O)O.NCCNCCN.Nc1nc2ncc(CNc3ccc(C(=O)N[C@@H](CCC(=O)O)C(=O)O)cc3)nc2c(=O)[nH]1. The van der Waals surface area contributed by atoms with Gasteiger partial charge in [0.2, 0.25) is 5.95 Å². The zero-order chi connectivity index (χ0) is 46.7. The molecule has 330 valence electrons. The maximum absolute atomic E-state index is 12.3. The number of carboxylic acids is 7. The lowest BCUT2D eigenvalue weighted by atomic mass is 10.1. The van der Waals surface area contributed by atoms with Crippen LogP contribution in [0.5, 0.6) is 0 Å². The van der Waals surface area contributed by atoms with E-state index in [0.717, 1.165) is 47.7 Å². The fourth-order valence-corrected chi connectivity index (χ4v) is 3.08. The van der Waals surface area contributed by atoms with Crippen molar-refractivity contribution in [2.24, 2.45) is 11.5 Å². The number of rotatable bonds is 13. The minimum Gasteiger partial charge on any atom is -0.481 e. The van der Waals surface area contributed by atoms with Gasteiger partial charge in [-0.2, -0.15) is 4.98 Å². The number of hydrogen-bond donors (Lipinski definition) is 14. The van der Waals surface area contributed by atoms with Gasteiger partial charge in [-0.1, -0.05) is 0 Å². The number of benzene rings is 1. The summed E-state index contributed by atoms with van der Waals surface area (Å²) in [6, 6.07) is 4.86. The molecule has 0 aliphatic rings. The van der Waals surface area contributed by atoms with Crippen LogP contribution >= 0.6 is 0 Å². The predicted octanol–water partition coefficient (Wildman–Crippen LogP) is -1.10. The number of carbonyl (C=O) groups is 8. The van der Waals surface area contributed by atoms with Gasteiger partial charge in [0.15, 0.2) is 11.2 Å². The van der Waals surface area contributed by atoms with Crippen molar-refractivity contribution in [3.8, 4) is 0 Å². The van der Waals surface area contributed by atoms with Gasteiger partial charge in [-0.25, -0.2) is 14.8 Å². The van der Waals surface area contributed by atoms with Gasteiger partial charge >= 0.3 is 11.9 Å². The Morgan fingerprint density at radius 2 is 1.17 bits per heavy atom. The summed E-state index contributed by atoms with van der Waals surface area (Å²) in [7, 11) is 0. The van der Waals surface area contributed by atoms with Gasteiger partial charge in [0.1, 0.15) is 6.04 Å². The molecule has 2 heterocycles. The Morgan fingerprint density at radius 1 is 0.729 bits per heavy atom. The summed E-state index contributed by atoms with van der Waals surface area (Å²) in [5.41, 5.74) is 16.8. The lowest BCUT2D eigenvalue weighted by Gasteiger charge is -2.14. The van der Waals surface area contributed by atoms with Gasteiger partial charge in [-0.15, -0.1) is 0 Å². The zero-order valence-corrected chi connectivity index (χ0v) is 32.8. The molecule has 0 radical (unpaired) electrons. The van der Waals surface area contributed by atoms with Crippen LogP contribution < -0.4 is 38.7 Å². The molecular weight excluding hydrogens is 792 g/mol. The number of hydrogen-bond acceptors (Lipinski definition) is 17. The van der Waals surface area contributed by atoms with Gasteiger partial charge in [0.25, 0.3) is 41.3 Å². The summed E-state index contributed by atoms with van der Waals surface area (Å²) < 4.78 is 0. The monoisotopic (exact) mass is 844 g/mol. The molecule has 17 N–H and O–H groups in total. The highest BCUT2D eigenvalue weighted by atomic mass is 16.4. The van der Waals surface area contributed by atoms with Gasteiger partial charge in [0, 0.05) is 78.5 Å². The maximum atomic E-state index is 12.3. The predicted molar refractivity (Wildman–Crippen MR) is 209 cm³/mol. The number of aliphatic carboxylic acids is 7. The first kappa shape index (κ1) is 58.4. The van der Waals surface area contributed by atoms with E-state index in [9.17, 15) is 19.2 Å². The van der Waals surface area contributed by atoms with Gasteiger partial charge in [-0.05, 0) is 30.7 Å². The number of fused-ring (bicyclic) bond motifs is 1. The third kappa shape index (κ3) is 41.7. The Morgan fingerprint density at radius 3 is 1.56 bits per heavy atom. The molecule has 3 rings (SSSR count). The first-order valence-corrected chi connectivity index (χ1v) is 16.5. The number of amides is 1. The Bertz CT molecular complexity index is 1730. The fourth-order valence-electron chi connectivity index (χ4n) is 3.08. The van der Waals surface area contributed by atoms with Gasteiger partial charge in [0.05, 0.1) is 18.4 Å². The van der Waals surface area contributed by atoms with Gasteiger partial charge < -0.3 is 68.9 Å². The number of carbonyl (C=O) groups excluding carboxylic acids is 1. The lowest BCUT2D eigenvalue weighted by Crippen LogP contribution is -2.41. The molecule has 0 saturated carbocycles. The highest BCUT2D eigenvalue weighted by Gasteiger charge is 2.21. The van der Waals surface area contributed by atoms with Crippen LogP contribution in [0.25, 0.3) is 11.2 Å². The van der Waals surface area contributed by atoms with Crippen LogP contribution in [0.3, 0.4) is 0 Å². The summed E-state index contributed by atoms with van der Waals surface area (Å²) >= 11 is 0. The van der Waals surface area contributed by atoms with Crippen molar-refractivity contribution in [3.63, 3.8) is 0 Å². The third-order valence-electron chi connectivity index (χ3n) is 5.00. The average Bonchev–Trinajstić information content (AvgIpc) is 3.08. The molecule has 0 saturated heterocycles. The first-order chi connectivity index (χ1) is 27.3. The van der Waals surface area contributed by atoms with E-state index in [4.69, 9.17) is 76.9 Å². The molecule has 0 unspecified atom stereocenters. The quantitative estimate of drug-likeness (QED) is 0.0908. The molecule has 0 spiro atoms. The number of carboxylic acid groups (broad SMARTS) is 7. The molecule has 1 amide bonds. The third-order valence-corrected chi connectivity index (χ3v) is 5.00. The first-order valence-electron chi connectivity index (χ1n) is 16.5. The number of nitrogens with two attached hydrogens (primary N) is 3. The normalized spacial score (nSPS) is 9.54. The van der Waals surface area contributed by atoms with Crippen molar-refractivity contribution < 1.29 is 74.1 Å². The minimum atomic E-state index is -1.31. The summed E-state index contributed by atoms with van der Waals surface area (Å²) in [5, 5.41) is 63.3. The molecule has 2 aromatic heterocycles. The number of anilines is 2. The van der Waals surface area contributed by atoms with E-state index in [1.54, 1.807) is 12.1 Å². The van der Waals surface area contributed by atoms with Crippen LogP contribution in [0, 0.1) is 0 Å². The van der Waals surface area contributed by atoms with E-state index >= 15 is 0 Å². The van der Waals surface area contributed by atoms with E-state index in [-0.39, 0.29) is 42.1 Å². The molecule has 0 aliphatic carbocycles. The van der Waals surface area contributed by atoms with Crippen molar-refractivity contribution in [1.29, 1.82) is 0 Å². The maximum Gasteiger partial charge on any atom is 0.326 e. The van der Waals surface area contributed by atoms with Crippen LogP contribution in [0.2, 0.25) is 0 Å². The van der Waals surface area contributed by atoms with E-state index in [1.807, 2.05) is 0 Å². The van der Waals surface area contributed by atoms with Crippen LogP contribution in [-0.4, -0.2) is 136 Å². The lowest BCUT2D eigenvalue weighted by molar-refractivity contribution is -0.141. The second-order valence-electron chi connectivity index (χ2n) is 10.6. The van der Waals surface area contributed by atoms with Crippen molar-refractivity contribution >= 4 is 70.5 Å². The number of nitrogens with zero attached hydrogens (tertiary/aromatic N) is 3. The molecule has 1 aromatic carbocycles. The Balaban J connectivity index is -0.000000453. The van der Waals surface area contributed by atoms with Crippen LogP contribution in [-0.2, 0) is 40.1 Å². The molecular formula is C33H52N10O16. The molecule has 3 aromatic rings. The largest absolute Gasteiger partial charge is 0.481 e. The Labute approximate surface area is 335 Å². The average molecular weight is 845 g/mol. The summed E-state index contributed by atoms with van der Waals surface area (Å²) in [5.74, 6) is -7.32. The van der Waals surface area contributed by atoms with E-state index < -0.39 is 59.3 Å². The van der Waals surface area contributed by atoms with Crippen LogP contribution in [0.1, 0.15) is 63.5 Å². The smallest absolute Gasteiger partial charge is 0.326 e. The minimum absolute atomic E-state index is 0.0524. The molecule has 1 atom stereocenters. The van der Waals surface area contributed by atoms with Gasteiger partial charge in [-0.3, -0.25) is 43.3 Å². The van der Waals surface area contributed by atoms with Crippen molar-refractivity contribution in [2.75, 3.05) is 37.2 Å². The van der Waals surface area contributed by atoms with Crippen molar-refractivity contribution in [1.82, 2.24) is 30.6 Å². The molecule has 26 nitrogen and oxygen atoms in total. The molecule has 59 heavy (non-hydrogen) atoms. The second-order valence-corrected chi connectivity index (χ2v) is 10.6. The summed E-state index contributed by atoms with van der Waals surface area (Å²) in [6.45, 7) is 8.78. The number of aromatic nitrogens is 4. The fraction of sp³-hybridized carbons (Fsp3) is 0.394. The van der Waals surface area contributed by atoms with Crippen molar-refractivity contribution in [2.45, 2.75) is 60.0 Å². The number of H-pyrrole nitrogens is 1. The topological polar surface area (TPSA) is 464 Å². The van der Waals surface area contributed by atoms with E-state index in [2.05, 4.69) is 35.9 Å². The number of nitrogens with one attached hydrogen (secondary N) is 4. The molecule has 0 bridgehead atoms. The summed E-state index contributed by atoms with van der Waals surface area (Å²) in [4.78, 5) is 106. The van der Waals surface area contributed by atoms with E-state index in [1.165, 1.54) is 18.3 Å². The number of aromatic amines is 1. The van der Waals surface area contributed by atoms with Crippen LogP contribution in [0.15, 0.2) is 35.3 Å². The number of nitrogen functional groups attached to an aromatic ring is 1. The second kappa shape index (κ2) is 35.1. The molecule has 26 heteroatoms. The van der Waals surface area contributed by atoms with Crippen LogP contribution in [0.4, 0.5) is 11.6 Å². The highest BCUT2D eigenvalue weighted by molar-refractivity contribution is 5.97. The summed E-state index contributed by atoms with van der Waals surface area (Å²) in [6.07, 6.45) is 0.840. The molecule has 0 aliphatic heterocycles. The van der Waals surface area contributed by atoms with E-state index in [0.29, 0.717) is 24.5 Å². The Kier molecular flexibility index (Phi) is 34.8. The Hall–Kier alpha value is -7.32.